The predicted octanol–water partition coefficient (Wildman–Crippen LogP) is 2.62. The highest BCUT2D eigenvalue weighted by Crippen LogP contribution is 2.28. The summed E-state index contributed by atoms with van der Waals surface area (Å²) >= 11 is 0. The van der Waals surface area contributed by atoms with Crippen molar-refractivity contribution in [2.24, 2.45) is 0 Å². The van der Waals surface area contributed by atoms with Gasteiger partial charge in [-0.25, -0.2) is 12.8 Å². The van der Waals surface area contributed by atoms with Crippen molar-refractivity contribution in [3.8, 4) is 0 Å². The van der Waals surface area contributed by atoms with Gasteiger partial charge in [0.15, 0.2) is 0 Å². The van der Waals surface area contributed by atoms with Crippen LogP contribution in [-0.2, 0) is 10.0 Å². The van der Waals surface area contributed by atoms with Crippen LogP contribution in [0.15, 0.2) is 53.4 Å². The minimum atomic E-state index is -4.03. The molecule has 2 aromatic carbocycles. The molecular weight excluding hydrogens is 279 g/mol. The van der Waals surface area contributed by atoms with E-state index in [1.165, 1.54) is 12.1 Å². The molecule has 0 saturated carbocycles. The Labute approximate surface area is 117 Å². The number of halogens is 1. The Morgan fingerprint density at radius 1 is 1.10 bits per heavy atom. The van der Waals surface area contributed by atoms with Crippen molar-refractivity contribution in [1.82, 2.24) is 0 Å². The van der Waals surface area contributed by atoms with Gasteiger partial charge in [0, 0.05) is 6.54 Å². The number of para-hydroxylation sites is 1. The highest BCUT2D eigenvalue weighted by Gasteiger charge is 2.28. The lowest BCUT2D eigenvalue weighted by atomic mass is 10.3. The van der Waals surface area contributed by atoms with Crippen LogP contribution in [0.25, 0.3) is 0 Å². The lowest BCUT2D eigenvalue weighted by molar-refractivity contribution is 0.565. The van der Waals surface area contributed by atoms with E-state index < -0.39 is 20.7 Å². The van der Waals surface area contributed by atoms with E-state index in [1.54, 1.807) is 37.3 Å². The van der Waals surface area contributed by atoms with E-state index in [2.05, 4.69) is 0 Å². The van der Waals surface area contributed by atoms with Gasteiger partial charge in [0.2, 0.25) is 0 Å². The molecule has 0 aliphatic carbocycles. The average Bonchev–Trinajstić information content (AvgIpc) is 2.40. The molecular formula is C14H15FN2O2S. The molecule has 0 atom stereocenters. The van der Waals surface area contributed by atoms with Crippen LogP contribution < -0.4 is 10.0 Å². The largest absolute Gasteiger partial charge is 0.398 e. The zero-order valence-corrected chi connectivity index (χ0v) is 11.8. The number of benzene rings is 2. The van der Waals surface area contributed by atoms with Gasteiger partial charge in [-0.05, 0) is 31.2 Å². The van der Waals surface area contributed by atoms with Gasteiger partial charge in [-0.3, -0.25) is 4.31 Å². The zero-order valence-electron chi connectivity index (χ0n) is 11.0. The van der Waals surface area contributed by atoms with Crippen LogP contribution in [0.1, 0.15) is 6.92 Å². The summed E-state index contributed by atoms with van der Waals surface area (Å²) in [5.74, 6) is -0.848. The van der Waals surface area contributed by atoms with Gasteiger partial charge in [0.05, 0.1) is 11.4 Å². The summed E-state index contributed by atoms with van der Waals surface area (Å²) in [5.41, 5.74) is 6.00. The fourth-order valence-electron chi connectivity index (χ4n) is 1.99. The first-order valence-electron chi connectivity index (χ1n) is 6.10. The average molecular weight is 294 g/mol. The molecule has 2 aromatic rings. The predicted molar refractivity (Wildman–Crippen MR) is 77.5 cm³/mol. The van der Waals surface area contributed by atoms with Crippen LogP contribution >= 0.6 is 0 Å². The molecule has 0 aliphatic rings. The summed E-state index contributed by atoms with van der Waals surface area (Å²) in [6, 6.07) is 12.4. The second kappa shape index (κ2) is 5.50. The van der Waals surface area contributed by atoms with Crippen molar-refractivity contribution in [2.45, 2.75) is 11.8 Å². The van der Waals surface area contributed by atoms with Crippen molar-refractivity contribution in [3.63, 3.8) is 0 Å². The van der Waals surface area contributed by atoms with Crippen molar-refractivity contribution in [1.29, 1.82) is 0 Å². The lowest BCUT2D eigenvalue weighted by Crippen LogP contribution is -2.32. The van der Waals surface area contributed by atoms with Crippen LogP contribution in [0.4, 0.5) is 15.8 Å². The molecule has 0 amide bonds. The van der Waals surface area contributed by atoms with E-state index >= 15 is 0 Å². The summed E-state index contributed by atoms with van der Waals surface area (Å²) in [6.07, 6.45) is 0. The van der Waals surface area contributed by atoms with Crippen molar-refractivity contribution in [3.05, 3.63) is 54.3 Å². The summed E-state index contributed by atoms with van der Waals surface area (Å²) in [4.78, 5) is -0.481. The lowest BCUT2D eigenvalue weighted by Gasteiger charge is -2.23. The number of hydrogen-bond acceptors (Lipinski definition) is 3. The fraction of sp³-hybridized carbons (Fsp3) is 0.143. The maximum absolute atomic E-state index is 13.9. The van der Waals surface area contributed by atoms with E-state index in [-0.39, 0.29) is 12.2 Å². The van der Waals surface area contributed by atoms with Crippen molar-refractivity contribution in [2.75, 3.05) is 16.6 Å². The van der Waals surface area contributed by atoms with Crippen molar-refractivity contribution >= 4 is 21.4 Å². The van der Waals surface area contributed by atoms with Gasteiger partial charge < -0.3 is 5.73 Å². The second-order valence-corrected chi connectivity index (χ2v) is 5.96. The highest BCUT2D eigenvalue weighted by molar-refractivity contribution is 7.93. The normalized spacial score (nSPS) is 11.3. The first-order valence-corrected chi connectivity index (χ1v) is 7.54. The van der Waals surface area contributed by atoms with Crippen LogP contribution in [0.5, 0.6) is 0 Å². The number of nitrogen functional groups attached to an aromatic ring is 1. The molecule has 0 aliphatic heterocycles. The Bertz CT molecular complexity index is 682. The molecule has 0 heterocycles. The maximum Gasteiger partial charge on any atom is 0.269 e. The number of rotatable bonds is 4. The van der Waals surface area contributed by atoms with Crippen LogP contribution in [0.3, 0.4) is 0 Å². The fourth-order valence-corrected chi connectivity index (χ4v) is 3.63. The second-order valence-electron chi connectivity index (χ2n) is 4.16. The van der Waals surface area contributed by atoms with Gasteiger partial charge in [0.1, 0.15) is 10.7 Å². The van der Waals surface area contributed by atoms with Gasteiger partial charge in [-0.15, -0.1) is 0 Å². The molecule has 106 valence electrons. The van der Waals surface area contributed by atoms with E-state index in [4.69, 9.17) is 5.73 Å². The third kappa shape index (κ3) is 2.46. The number of nitrogens with zero attached hydrogens (tertiary/aromatic N) is 1. The molecule has 0 aromatic heterocycles. The smallest absolute Gasteiger partial charge is 0.269 e. The summed E-state index contributed by atoms with van der Waals surface area (Å²) in [5, 5.41) is 0. The van der Waals surface area contributed by atoms with Gasteiger partial charge in [0.25, 0.3) is 10.0 Å². The van der Waals surface area contributed by atoms with E-state index in [1.807, 2.05) is 0 Å². The first-order chi connectivity index (χ1) is 9.48. The molecule has 0 saturated heterocycles. The molecule has 0 unspecified atom stereocenters. The molecule has 0 fully saturated rings. The van der Waals surface area contributed by atoms with Crippen molar-refractivity contribution < 1.29 is 12.8 Å². The van der Waals surface area contributed by atoms with E-state index in [0.29, 0.717) is 5.69 Å². The Morgan fingerprint density at radius 2 is 1.75 bits per heavy atom. The molecule has 0 radical (unpaired) electrons. The summed E-state index contributed by atoms with van der Waals surface area (Å²) in [6.45, 7) is 1.86. The van der Waals surface area contributed by atoms with E-state index in [9.17, 15) is 12.8 Å². The first kappa shape index (κ1) is 14.3. The zero-order chi connectivity index (χ0) is 14.8. The third-order valence-electron chi connectivity index (χ3n) is 2.88. The highest BCUT2D eigenvalue weighted by atomic mass is 32.2. The number of hydrogen-bond donors (Lipinski definition) is 1. The van der Waals surface area contributed by atoms with Crippen LogP contribution in [0, 0.1) is 5.82 Å². The molecule has 6 heteroatoms. The minimum absolute atomic E-state index is 0.0978. The minimum Gasteiger partial charge on any atom is -0.398 e. The Morgan fingerprint density at radius 3 is 2.30 bits per heavy atom. The Kier molecular flexibility index (Phi) is 3.94. The monoisotopic (exact) mass is 294 g/mol. The Hall–Kier alpha value is -2.08. The number of anilines is 2. The summed E-state index contributed by atoms with van der Waals surface area (Å²) < 4.78 is 40.2. The van der Waals surface area contributed by atoms with Gasteiger partial charge >= 0.3 is 0 Å². The quantitative estimate of drug-likeness (QED) is 0.882. The van der Waals surface area contributed by atoms with Crippen LogP contribution in [-0.4, -0.2) is 15.0 Å². The van der Waals surface area contributed by atoms with Gasteiger partial charge in [-0.1, -0.05) is 24.3 Å². The molecule has 2 N–H and O–H groups in total. The standard InChI is InChI=1S/C14H15FN2O2S/c1-2-17(11-7-4-3-5-8-11)20(18,19)14-12(15)9-6-10-13(14)16/h3-10H,2,16H2,1H3. The number of nitrogens with two attached hydrogens (primary N) is 1. The molecule has 0 spiro atoms. The molecule has 2 rings (SSSR count). The van der Waals surface area contributed by atoms with E-state index in [0.717, 1.165) is 10.4 Å². The molecule has 4 nitrogen and oxygen atoms in total. The molecule has 0 bridgehead atoms. The maximum atomic E-state index is 13.9. The molecule has 20 heavy (non-hydrogen) atoms. The Balaban J connectivity index is 2.59. The topological polar surface area (TPSA) is 63.4 Å². The summed E-state index contributed by atoms with van der Waals surface area (Å²) in [7, 11) is -4.03. The number of sulfonamides is 1. The SMILES string of the molecule is CCN(c1ccccc1)S(=O)(=O)c1c(N)cccc1F. The third-order valence-corrected chi connectivity index (χ3v) is 4.87. The van der Waals surface area contributed by atoms with Gasteiger partial charge in [-0.2, -0.15) is 0 Å². The van der Waals surface area contributed by atoms with Crippen LogP contribution in [0.2, 0.25) is 0 Å².